The molecular weight excluding hydrogens is 352 g/mol. The minimum atomic E-state index is -0.151. The van der Waals surface area contributed by atoms with Gasteiger partial charge in [-0.25, -0.2) is 4.98 Å². The largest absolute Gasteiger partial charge is 0.365 e. The van der Waals surface area contributed by atoms with Crippen LogP contribution in [0.1, 0.15) is 5.56 Å². The summed E-state index contributed by atoms with van der Waals surface area (Å²) in [5, 5.41) is 3.78. The number of rotatable bonds is 3. The van der Waals surface area contributed by atoms with E-state index in [1.807, 2.05) is 46.9 Å². The van der Waals surface area contributed by atoms with E-state index in [2.05, 4.69) is 15.3 Å². The maximum atomic E-state index is 11.3. The van der Waals surface area contributed by atoms with Crippen LogP contribution < -0.4 is 10.9 Å². The number of hydrogen-bond acceptors (Lipinski definition) is 3. The zero-order chi connectivity index (χ0) is 12.3. The van der Waals surface area contributed by atoms with E-state index in [0.29, 0.717) is 21.0 Å². The average Bonchev–Trinajstić information content (AvgIpc) is 2.33. The summed E-state index contributed by atoms with van der Waals surface area (Å²) in [5.74, 6) is 0.564. The van der Waals surface area contributed by atoms with E-state index < -0.39 is 0 Å². The van der Waals surface area contributed by atoms with Crippen LogP contribution >= 0.6 is 34.2 Å². The van der Waals surface area contributed by atoms with Crippen LogP contribution in [0.5, 0.6) is 0 Å². The lowest BCUT2D eigenvalue weighted by molar-refractivity contribution is 1.05. The van der Waals surface area contributed by atoms with E-state index in [1.165, 1.54) is 6.33 Å². The van der Waals surface area contributed by atoms with Crippen molar-refractivity contribution in [1.29, 1.82) is 0 Å². The summed E-state index contributed by atoms with van der Waals surface area (Å²) in [6.45, 7) is 0.534. The maximum absolute atomic E-state index is 11.3. The lowest BCUT2D eigenvalue weighted by Gasteiger charge is -2.07. The molecule has 6 heteroatoms. The molecule has 1 heterocycles. The van der Waals surface area contributed by atoms with Crippen LogP contribution in [-0.4, -0.2) is 9.97 Å². The molecule has 4 nitrogen and oxygen atoms in total. The van der Waals surface area contributed by atoms with Crippen molar-refractivity contribution in [3.63, 3.8) is 0 Å². The highest BCUT2D eigenvalue weighted by atomic mass is 127. The van der Waals surface area contributed by atoms with Crippen molar-refractivity contribution in [3.8, 4) is 0 Å². The number of halogens is 2. The molecule has 88 valence electrons. The highest BCUT2D eigenvalue weighted by molar-refractivity contribution is 14.1. The second kappa shape index (κ2) is 5.50. The van der Waals surface area contributed by atoms with Gasteiger partial charge in [0.1, 0.15) is 9.39 Å². The van der Waals surface area contributed by atoms with E-state index in [0.717, 1.165) is 5.56 Å². The number of nitrogens with one attached hydrogen (secondary N) is 2. The molecule has 2 rings (SSSR count). The minimum Gasteiger partial charge on any atom is -0.365 e. The van der Waals surface area contributed by atoms with Gasteiger partial charge in [0.2, 0.25) is 0 Å². The Balaban J connectivity index is 2.16. The summed E-state index contributed by atoms with van der Waals surface area (Å²) in [6.07, 6.45) is 1.37. The number of aromatic nitrogens is 2. The van der Waals surface area contributed by atoms with Crippen molar-refractivity contribution in [2.24, 2.45) is 0 Å². The lowest BCUT2D eigenvalue weighted by Crippen LogP contribution is -2.14. The van der Waals surface area contributed by atoms with E-state index in [-0.39, 0.29) is 5.56 Å². The minimum absolute atomic E-state index is 0.151. The molecule has 17 heavy (non-hydrogen) atoms. The highest BCUT2D eigenvalue weighted by Crippen LogP contribution is 2.17. The summed E-state index contributed by atoms with van der Waals surface area (Å²) in [7, 11) is 0. The van der Waals surface area contributed by atoms with Crippen LogP contribution in [0.2, 0.25) is 5.02 Å². The van der Waals surface area contributed by atoms with Crippen molar-refractivity contribution in [1.82, 2.24) is 9.97 Å². The summed E-state index contributed by atoms with van der Waals surface area (Å²) in [4.78, 5) is 17.9. The van der Waals surface area contributed by atoms with Crippen molar-refractivity contribution < 1.29 is 0 Å². The normalized spacial score (nSPS) is 10.2. The number of aromatic amines is 1. The van der Waals surface area contributed by atoms with Gasteiger partial charge in [-0.3, -0.25) is 4.79 Å². The number of H-pyrrole nitrogens is 1. The van der Waals surface area contributed by atoms with E-state index in [9.17, 15) is 4.79 Å². The topological polar surface area (TPSA) is 57.8 Å². The van der Waals surface area contributed by atoms with Gasteiger partial charge in [0.05, 0.1) is 6.33 Å². The van der Waals surface area contributed by atoms with Crippen LogP contribution in [0.3, 0.4) is 0 Å². The lowest BCUT2D eigenvalue weighted by atomic mass is 10.2. The van der Waals surface area contributed by atoms with Gasteiger partial charge in [0, 0.05) is 11.6 Å². The smallest absolute Gasteiger partial charge is 0.266 e. The fraction of sp³-hybridized carbons (Fsp3) is 0.0909. The molecule has 0 fully saturated rings. The molecule has 0 spiro atoms. The van der Waals surface area contributed by atoms with Crippen LogP contribution in [0, 0.1) is 3.57 Å². The van der Waals surface area contributed by atoms with E-state index in [1.54, 1.807) is 0 Å². The van der Waals surface area contributed by atoms with Gasteiger partial charge in [0.15, 0.2) is 0 Å². The van der Waals surface area contributed by atoms with Crippen molar-refractivity contribution in [2.45, 2.75) is 6.54 Å². The second-order valence-electron chi connectivity index (χ2n) is 3.34. The van der Waals surface area contributed by atoms with Crippen LogP contribution in [0.4, 0.5) is 5.82 Å². The van der Waals surface area contributed by atoms with E-state index in [4.69, 9.17) is 11.6 Å². The Kier molecular flexibility index (Phi) is 4.01. The second-order valence-corrected chi connectivity index (χ2v) is 4.83. The Morgan fingerprint density at radius 2 is 2.18 bits per heavy atom. The number of nitrogens with zero attached hydrogens (tertiary/aromatic N) is 1. The third kappa shape index (κ3) is 2.98. The summed E-state index contributed by atoms with van der Waals surface area (Å²) < 4.78 is 0.539. The van der Waals surface area contributed by atoms with Crippen molar-refractivity contribution >= 4 is 40.0 Å². The summed E-state index contributed by atoms with van der Waals surface area (Å²) in [6, 6.07) is 7.55. The van der Waals surface area contributed by atoms with Gasteiger partial charge in [0.25, 0.3) is 5.56 Å². The molecule has 0 aliphatic carbocycles. The van der Waals surface area contributed by atoms with Gasteiger partial charge in [-0.15, -0.1) is 0 Å². The molecule has 0 bridgehead atoms. The van der Waals surface area contributed by atoms with Crippen LogP contribution in [-0.2, 0) is 6.54 Å². The molecule has 1 aromatic heterocycles. The molecule has 2 N–H and O–H groups in total. The molecule has 0 unspecified atom stereocenters. The monoisotopic (exact) mass is 361 g/mol. The fourth-order valence-corrected chi connectivity index (χ4v) is 2.02. The quantitative estimate of drug-likeness (QED) is 0.827. The molecular formula is C11H9ClIN3O. The Hall–Kier alpha value is -1.08. The predicted octanol–water partition coefficient (Wildman–Crippen LogP) is 2.64. The molecule has 0 atom stereocenters. The third-order valence-corrected chi connectivity index (χ3v) is 3.57. The summed E-state index contributed by atoms with van der Waals surface area (Å²) >= 11 is 7.99. The van der Waals surface area contributed by atoms with E-state index >= 15 is 0 Å². The number of hydrogen-bond donors (Lipinski definition) is 2. The molecule has 0 radical (unpaired) electrons. The number of anilines is 1. The first-order valence-electron chi connectivity index (χ1n) is 4.89. The highest BCUT2D eigenvalue weighted by Gasteiger charge is 2.05. The third-order valence-electron chi connectivity index (χ3n) is 2.20. The van der Waals surface area contributed by atoms with Gasteiger partial charge < -0.3 is 10.3 Å². The molecule has 2 aromatic rings. The van der Waals surface area contributed by atoms with Crippen LogP contribution in [0.15, 0.2) is 35.4 Å². The average molecular weight is 362 g/mol. The van der Waals surface area contributed by atoms with Gasteiger partial charge >= 0.3 is 0 Å². The molecule has 0 amide bonds. The van der Waals surface area contributed by atoms with Crippen LogP contribution in [0.25, 0.3) is 0 Å². The summed E-state index contributed by atoms with van der Waals surface area (Å²) in [5.41, 5.74) is 0.814. The molecule has 0 aliphatic heterocycles. The fourth-order valence-electron chi connectivity index (χ4n) is 1.33. The Bertz CT molecular complexity index is 585. The first-order valence-corrected chi connectivity index (χ1v) is 6.34. The standard InChI is InChI=1S/C11H9ClIN3O/c12-8-4-2-1-3-7(8)5-14-10-9(13)11(17)16-6-15-10/h1-4,6H,5H2,(H2,14,15,16,17). The van der Waals surface area contributed by atoms with Crippen molar-refractivity contribution in [2.75, 3.05) is 5.32 Å². The SMILES string of the molecule is O=c1[nH]cnc(NCc2ccccc2Cl)c1I. The van der Waals surface area contributed by atoms with Crippen molar-refractivity contribution in [3.05, 3.63) is 55.1 Å². The predicted molar refractivity (Wildman–Crippen MR) is 76.4 cm³/mol. The Labute approximate surface area is 117 Å². The zero-order valence-corrected chi connectivity index (χ0v) is 11.6. The maximum Gasteiger partial charge on any atom is 0.266 e. The zero-order valence-electron chi connectivity index (χ0n) is 8.71. The molecule has 0 saturated heterocycles. The van der Waals surface area contributed by atoms with Gasteiger partial charge in [-0.05, 0) is 34.2 Å². The number of benzene rings is 1. The Morgan fingerprint density at radius 3 is 2.94 bits per heavy atom. The first-order chi connectivity index (χ1) is 8.18. The van der Waals surface area contributed by atoms with Gasteiger partial charge in [-0.1, -0.05) is 29.8 Å². The first kappa shape index (κ1) is 12.4. The molecule has 0 aliphatic rings. The molecule has 1 aromatic carbocycles. The van der Waals surface area contributed by atoms with Gasteiger partial charge in [-0.2, -0.15) is 0 Å². The Morgan fingerprint density at radius 1 is 1.41 bits per heavy atom. The molecule has 0 saturated carbocycles.